The number of halogens is 1. The Morgan fingerprint density at radius 1 is 1.36 bits per heavy atom. The van der Waals surface area contributed by atoms with E-state index >= 15 is 0 Å². The maximum Gasteiger partial charge on any atom is 0.254 e. The van der Waals surface area contributed by atoms with Crippen molar-refractivity contribution < 1.29 is 9.18 Å². The SMILES string of the molecule is Cn1cc(Nc2ncc(C(N)=O)c(NCc3cccc(F)c3)n2)cn1. The number of aryl methyl sites for hydroxylation is 1. The summed E-state index contributed by atoms with van der Waals surface area (Å²) in [6.45, 7) is 0.279. The van der Waals surface area contributed by atoms with Gasteiger partial charge >= 0.3 is 0 Å². The lowest BCUT2D eigenvalue weighted by Crippen LogP contribution is -2.17. The van der Waals surface area contributed by atoms with E-state index < -0.39 is 5.91 Å². The second kappa shape index (κ2) is 6.95. The lowest BCUT2D eigenvalue weighted by Gasteiger charge is -2.11. The van der Waals surface area contributed by atoms with Crippen LogP contribution in [0.5, 0.6) is 0 Å². The number of carbonyl (C=O) groups is 1. The Morgan fingerprint density at radius 3 is 2.88 bits per heavy atom. The number of amides is 1. The maximum absolute atomic E-state index is 13.3. The van der Waals surface area contributed by atoms with Crippen LogP contribution in [0.1, 0.15) is 15.9 Å². The van der Waals surface area contributed by atoms with Crippen molar-refractivity contribution in [1.82, 2.24) is 19.7 Å². The molecule has 3 rings (SSSR count). The van der Waals surface area contributed by atoms with Crippen molar-refractivity contribution >= 4 is 23.4 Å². The first kappa shape index (κ1) is 16.4. The lowest BCUT2D eigenvalue weighted by molar-refractivity contribution is 0.100. The van der Waals surface area contributed by atoms with Crippen molar-refractivity contribution in [3.8, 4) is 0 Å². The molecule has 0 aliphatic carbocycles. The van der Waals surface area contributed by atoms with E-state index in [4.69, 9.17) is 5.73 Å². The van der Waals surface area contributed by atoms with Gasteiger partial charge in [0.1, 0.15) is 11.6 Å². The summed E-state index contributed by atoms with van der Waals surface area (Å²) < 4.78 is 14.9. The normalized spacial score (nSPS) is 10.5. The number of anilines is 3. The van der Waals surface area contributed by atoms with Crippen LogP contribution in [0.4, 0.5) is 21.8 Å². The number of primary amides is 1. The molecule has 0 spiro atoms. The zero-order chi connectivity index (χ0) is 17.8. The highest BCUT2D eigenvalue weighted by atomic mass is 19.1. The van der Waals surface area contributed by atoms with Crippen LogP contribution in [-0.4, -0.2) is 25.7 Å². The molecule has 2 heterocycles. The van der Waals surface area contributed by atoms with Gasteiger partial charge in [0.25, 0.3) is 5.91 Å². The average Bonchev–Trinajstić information content (AvgIpc) is 2.98. The van der Waals surface area contributed by atoms with Crippen LogP contribution in [-0.2, 0) is 13.6 Å². The third-order valence-corrected chi connectivity index (χ3v) is 3.36. The number of carbonyl (C=O) groups excluding carboxylic acids is 1. The van der Waals surface area contributed by atoms with E-state index in [0.717, 1.165) is 0 Å². The molecule has 3 aromatic rings. The van der Waals surface area contributed by atoms with Gasteiger partial charge in [-0.2, -0.15) is 10.1 Å². The topological polar surface area (TPSA) is 111 Å². The molecule has 9 heteroatoms. The minimum atomic E-state index is -0.658. The summed E-state index contributed by atoms with van der Waals surface area (Å²) in [5, 5.41) is 10.0. The van der Waals surface area contributed by atoms with E-state index in [1.807, 2.05) is 0 Å². The summed E-state index contributed by atoms with van der Waals surface area (Å²) in [5.74, 6) is -0.455. The van der Waals surface area contributed by atoms with E-state index in [2.05, 4.69) is 25.7 Å². The number of rotatable bonds is 6. The van der Waals surface area contributed by atoms with Crippen LogP contribution in [0.15, 0.2) is 42.9 Å². The Balaban J connectivity index is 1.81. The number of hydrogen-bond acceptors (Lipinski definition) is 6. The van der Waals surface area contributed by atoms with Crippen LogP contribution >= 0.6 is 0 Å². The minimum Gasteiger partial charge on any atom is -0.365 e. The van der Waals surface area contributed by atoms with Crippen LogP contribution in [0.3, 0.4) is 0 Å². The van der Waals surface area contributed by atoms with Crippen molar-refractivity contribution in [3.63, 3.8) is 0 Å². The molecule has 0 bridgehead atoms. The molecule has 0 aliphatic rings. The molecule has 1 amide bonds. The van der Waals surface area contributed by atoms with Gasteiger partial charge in [0.15, 0.2) is 0 Å². The fourth-order valence-electron chi connectivity index (χ4n) is 2.20. The minimum absolute atomic E-state index is 0.146. The lowest BCUT2D eigenvalue weighted by atomic mass is 10.2. The van der Waals surface area contributed by atoms with Crippen LogP contribution in [0.25, 0.3) is 0 Å². The summed E-state index contributed by atoms with van der Waals surface area (Å²) >= 11 is 0. The van der Waals surface area contributed by atoms with Crippen LogP contribution < -0.4 is 16.4 Å². The van der Waals surface area contributed by atoms with Crippen molar-refractivity contribution in [2.24, 2.45) is 12.8 Å². The summed E-state index contributed by atoms with van der Waals surface area (Å²) in [7, 11) is 1.79. The monoisotopic (exact) mass is 341 g/mol. The molecule has 0 fully saturated rings. The predicted octanol–water partition coefficient (Wildman–Crippen LogP) is 1.80. The van der Waals surface area contributed by atoms with Crippen LogP contribution in [0, 0.1) is 5.82 Å². The van der Waals surface area contributed by atoms with E-state index in [1.165, 1.54) is 18.3 Å². The molecular formula is C16H16FN7O. The smallest absolute Gasteiger partial charge is 0.254 e. The highest BCUT2D eigenvalue weighted by Gasteiger charge is 2.12. The third kappa shape index (κ3) is 4.08. The third-order valence-electron chi connectivity index (χ3n) is 3.36. The summed E-state index contributed by atoms with van der Waals surface area (Å²) in [6.07, 6.45) is 4.71. The molecule has 0 aliphatic heterocycles. The number of nitrogens with zero attached hydrogens (tertiary/aromatic N) is 4. The first-order valence-corrected chi connectivity index (χ1v) is 7.42. The Morgan fingerprint density at radius 2 is 2.20 bits per heavy atom. The average molecular weight is 341 g/mol. The summed E-state index contributed by atoms with van der Waals surface area (Å²) in [5.41, 5.74) is 6.91. The van der Waals surface area contributed by atoms with Gasteiger partial charge in [-0.1, -0.05) is 12.1 Å². The van der Waals surface area contributed by atoms with Crippen molar-refractivity contribution in [2.45, 2.75) is 6.54 Å². The largest absolute Gasteiger partial charge is 0.365 e. The Hall–Kier alpha value is -3.49. The summed E-state index contributed by atoms with van der Waals surface area (Å²) in [4.78, 5) is 19.9. The maximum atomic E-state index is 13.3. The molecule has 4 N–H and O–H groups in total. The second-order valence-corrected chi connectivity index (χ2v) is 5.33. The Labute approximate surface area is 142 Å². The number of nitrogens with two attached hydrogens (primary N) is 1. The first-order chi connectivity index (χ1) is 12.0. The molecule has 1 aromatic carbocycles. The molecule has 0 unspecified atom stereocenters. The Bertz CT molecular complexity index is 909. The molecule has 0 radical (unpaired) electrons. The molecule has 8 nitrogen and oxygen atoms in total. The number of aromatic nitrogens is 4. The highest BCUT2D eigenvalue weighted by molar-refractivity contribution is 5.97. The van der Waals surface area contributed by atoms with Gasteiger partial charge in [-0.05, 0) is 17.7 Å². The van der Waals surface area contributed by atoms with Crippen molar-refractivity contribution in [1.29, 1.82) is 0 Å². The molecule has 25 heavy (non-hydrogen) atoms. The van der Waals surface area contributed by atoms with Gasteiger partial charge in [0.05, 0.1) is 17.4 Å². The number of nitrogens with one attached hydrogen (secondary N) is 2. The fraction of sp³-hybridized carbons (Fsp3) is 0.125. The first-order valence-electron chi connectivity index (χ1n) is 7.42. The van der Waals surface area contributed by atoms with Gasteiger partial charge in [-0.15, -0.1) is 0 Å². The van der Waals surface area contributed by atoms with Crippen molar-refractivity contribution in [2.75, 3.05) is 10.6 Å². The molecule has 0 saturated heterocycles. The van der Waals surface area contributed by atoms with E-state index in [1.54, 1.807) is 36.3 Å². The van der Waals surface area contributed by atoms with Crippen LogP contribution in [0.2, 0.25) is 0 Å². The predicted molar refractivity (Wildman–Crippen MR) is 90.8 cm³/mol. The standard InChI is InChI=1S/C16H16FN7O/c1-24-9-12(7-21-24)22-16-20-8-13(14(18)25)15(23-16)19-6-10-3-2-4-11(17)5-10/h2-5,7-9H,6H2,1H3,(H2,18,25)(H2,19,20,22,23). The van der Waals surface area contributed by atoms with Gasteiger partial charge in [0.2, 0.25) is 5.95 Å². The van der Waals surface area contributed by atoms with E-state index in [9.17, 15) is 9.18 Å². The van der Waals surface area contributed by atoms with E-state index in [0.29, 0.717) is 11.3 Å². The molecule has 128 valence electrons. The molecular weight excluding hydrogens is 325 g/mol. The molecule has 0 atom stereocenters. The van der Waals surface area contributed by atoms with Gasteiger partial charge in [-0.3, -0.25) is 9.48 Å². The number of hydrogen-bond donors (Lipinski definition) is 3. The quantitative estimate of drug-likeness (QED) is 0.630. The zero-order valence-corrected chi connectivity index (χ0v) is 13.4. The highest BCUT2D eigenvalue weighted by Crippen LogP contribution is 2.18. The zero-order valence-electron chi connectivity index (χ0n) is 13.4. The van der Waals surface area contributed by atoms with E-state index in [-0.39, 0.29) is 29.7 Å². The van der Waals surface area contributed by atoms with Gasteiger partial charge in [0, 0.05) is 26.0 Å². The van der Waals surface area contributed by atoms with Crippen molar-refractivity contribution in [3.05, 3.63) is 59.8 Å². The molecule has 2 aromatic heterocycles. The van der Waals surface area contributed by atoms with Gasteiger partial charge in [-0.25, -0.2) is 9.37 Å². The van der Waals surface area contributed by atoms with Gasteiger partial charge < -0.3 is 16.4 Å². The Kier molecular flexibility index (Phi) is 4.55. The fourth-order valence-corrected chi connectivity index (χ4v) is 2.20. The number of benzene rings is 1. The second-order valence-electron chi connectivity index (χ2n) is 5.33. The summed E-state index contributed by atoms with van der Waals surface area (Å²) in [6, 6.07) is 6.12. The molecule has 0 saturated carbocycles.